The first-order chi connectivity index (χ1) is 11.1. The SMILES string of the molecule is Cl.NC[C@H]1CCC[C@H]1C(=O)N1CCOC(c2ccc(Cl)c(Cl)c2)C1. The van der Waals surface area contributed by atoms with Crippen molar-refractivity contribution < 1.29 is 9.53 Å². The second kappa shape index (κ2) is 8.72. The summed E-state index contributed by atoms with van der Waals surface area (Å²) < 4.78 is 5.83. The molecule has 1 heterocycles. The molecule has 0 aromatic heterocycles. The van der Waals surface area contributed by atoms with Gasteiger partial charge in [-0.1, -0.05) is 35.7 Å². The van der Waals surface area contributed by atoms with Crippen LogP contribution in [0.4, 0.5) is 0 Å². The molecule has 2 aliphatic rings. The summed E-state index contributed by atoms with van der Waals surface area (Å²) in [5, 5.41) is 1.03. The van der Waals surface area contributed by atoms with Gasteiger partial charge in [0.05, 0.1) is 23.2 Å². The van der Waals surface area contributed by atoms with Gasteiger partial charge < -0.3 is 15.4 Å². The number of hydrogen-bond donors (Lipinski definition) is 1. The highest BCUT2D eigenvalue weighted by Crippen LogP contribution is 2.34. The summed E-state index contributed by atoms with van der Waals surface area (Å²) in [7, 11) is 0. The van der Waals surface area contributed by atoms with Gasteiger partial charge in [-0.3, -0.25) is 4.79 Å². The Labute approximate surface area is 159 Å². The fourth-order valence-corrected chi connectivity index (χ4v) is 3.95. The zero-order chi connectivity index (χ0) is 16.4. The molecule has 1 aromatic carbocycles. The van der Waals surface area contributed by atoms with Crippen LogP contribution in [-0.2, 0) is 9.53 Å². The molecule has 24 heavy (non-hydrogen) atoms. The van der Waals surface area contributed by atoms with Crippen LogP contribution in [0.25, 0.3) is 0 Å². The molecule has 0 spiro atoms. The van der Waals surface area contributed by atoms with E-state index in [-0.39, 0.29) is 30.3 Å². The van der Waals surface area contributed by atoms with Crippen LogP contribution in [0.5, 0.6) is 0 Å². The van der Waals surface area contributed by atoms with E-state index in [0.717, 1.165) is 24.8 Å². The van der Waals surface area contributed by atoms with Crippen LogP contribution in [0.3, 0.4) is 0 Å². The Morgan fingerprint density at radius 1 is 1.29 bits per heavy atom. The van der Waals surface area contributed by atoms with Crippen molar-refractivity contribution in [1.82, 2.24) is 4.90 Å². The molecule has 1 unspecified atom stereocenters. The van der Waals surface area contributed by atoms with Gasteiger partial charge >= 0.3 is 0 Å². The van der Waals surface area contributed by atoms with Crippen molar-refractivity contribution in [2.24, 2.45) is 17.6 Å². The first-order valence-electron chi connectivity index (χ1n) is 8.15. The Bertz CT molecular complexity index is 585. The predicted octanol–water partition coefficient (Wildman–Crippen LogP) is 3.69. The number of carbonyl (C=O) groups excluding carboxylic acids is 1. The number of amides is 1. The van der Waals surface area contributed by atoms with Crippen molar-refractivity contribution >= 4 is 41.5 Å². The summed E-state index contributed by atoms with van der Waals surface area (Å²) in [4.78, 5) is 14.8. The quantitative estimate of drug-likeness (QED) is 0.852. The molecule has 1 saturated heterocycles. The minimum atomic E-state index is -0.153. The lowest BCUT2D eigenvalue weighted by molar-refractivity contribution is -0.144. The van der Waals surface area contributed by atoms with Gasteiger partial charge in [0.1, 0.15) is 6.10 Å². The maximum atomic E-state index is 12.8. The van der Waals surface area contributed by atoms with Crippen LogP contribution in [0.2, 0.25) is 10.0 Å². The number of halogens is 3. The lowest BCUT2D eigenvalue weighted by Crippen LogP contribution is -2.46. The molecule has 0 radical (unpaired) electrons. The summed E-state index contributed by atoms with van der Waals surface area (Å²) in [6.45, 7) is 2.34. The first-order valence-corrected chi connectivity index (χ1v) is 8.91. The van der Waals surface area contributed by atoms with Gasteiger partial charge in [0.15, 0.2) is 0 Å². The number of hydrogen-bond acceptors (Lipinski definition) is 3. The fourth-order valence-electron chi connectivity index (χ4n) is 3.64. The Kier molecular flexibility index (Phi) is 7.20. The van der Waals surface area contributed by atoms with E-state index in [0.29, 0.717) is 42.2 Å². The van der Waals surface area contributed by atoms with Gasteiger partial charge in [-0.2, -0.15) is 0 Å². The second-order valence-electron chi connectivity index (χ2n) is 6.35. The zero-order valence-electron chi connectivity index (χ0n) is 13.4. The number of benzene rings is 1. The Morgan fingerprint density at radius 3 is 2.79 bits per heavy atom. The van der Waals surface area contributed by atoms with E-state index in [4.69, 9.17) is 33.7 Å². The van der Waals surface area contributed by atoms with E-state index < -0.39 is 0 Å². The van der Waals surface area contributed by atoms with E-state index in [1.165, 1.54) is 0 Å². The van der Waals surface area contributed by atoms with Gasteiger partial charge in [-0.05, 0) is 43.0 Å². The number of ether oxygens (including phenoxy) is 1. The van der Waals surface area contributed by atoms with Gasteiger partial charge in [-0.15, -0.1) is 12.4 Å². The van der Waals surface area contributed by atoms with Gasteiger partial charge in [0.25, 0.3) is 0 Å². The summed E-state index contributed by atoms with van der Waals surface area (Å²) in [6.07, 6.45) is 2.96. The number of morpholine rings is 1. The molecular formula is C17H23Cl3N2O2. The normalized spacial score (nSPS) is 27.0. The molecule has 4 nitrogen and oxygen atoms in total. The van der Waals surface area contributed by atoms with E-state index >= 15 is 0 Å². The van der Waals surface area contributed by atoms with Crippen LogP contribution < -0.4 is 5.73 Å². The number of rotatable bonds is 3. The second-order valence-corrected chi connectivity index (χ2v) is 7.16. The van der Waals surface area contributed by atoms with Gasteiger partial charge in [-0.25, -0.2) is 0 Å². The lowest BCUT2D eigenvalue weighted by Gasteiger charge is -2.35. The van der Waals surface area contributed by atoms with Crippen molar-refractivity contribution in [3.05, 3.63) is 33.8 Å². The van der Waals surface area contributed by atoms with Crippen LogP contribution >= 0.6 is 35.6 Å². The van der Waals surface area contributed by atoms with Crippen LogP contribution in [-0.4, -0.2) is 37.0 Å². The monoisotopic (exact) mass is 392 g/mol. The van der Waals surface area contributed by atoms with Crippen molar-refractivity contribution in [3.8, 4) is 0 Å². The molecule has 2 fully saturated rings. The molecule has 1 aliphatic carbocycles. The van der Waals surface area contributed by atoms with Crippen molar-refractivity contribution in [2.45, 2.75) is 25.4 Å². The van der Waals surface area contributed by atoms with E-state index in [1.807, 2.05) is 17.0 Å². The molecular weight excluding hydrogens is 371 g/mol. The Hall–Kier alpha value is -0.520. The van der Waals surface area contributed by atoms with E-state index in [2.05, 4.69) is 0 Å². The molecule has 1 aliphatic heterocycles. The molecule has 134 valence electrons. The van der Waals surface area contributed by atoms with E-state index in [1.54, 1.807) is 6.07 Å². The average Bonchev–Trinajstić information content (AvgIpc) is 3.05. The van der Waals surface area contributed by atoms with Gasteiger partial charge in [0, 0.05) is 12.5 Å². The molecule has 3 atom stereocenters. The van der Waals surface area contributed by atoms with Crippen LogP contribution in [0.15, 0.2) is 18.2 Å². The van der Waals surface area contributed by atoms with Crippen molar-refractivity contribution in [2.75, 3.05) is 26.2 Å². The average molecular weight is 394 g/mol. The third-order valence-corrected chi connectivity index (χ3v) is 5.71. The molecule has 3 rings (SSSR count). The third kappa shape index (κ3) is 4.17. The largest absolute Gasteiger partial charge is 0.370 e. The van der Waals surface area contributed by atoms with Crippen molar-refractivity contribution in [3.63, 3.8) is 0 Å². The molecule has 0 bridgehead atoms. The van der Waals surface area contributed by atoms with Crippen LogP contribution in [0.1, 0.15) is 30.9 Å². The minimum absolute atomic E-state index is 0. The minimum Gasteiger partial charge on any atom is -0.370 e. The topological polar surface area (TPSA) is 55.6 Å². The standard InChI is InChI=1S/C17H22Cl2N2O2.ClH/c18-14-5-4-11(8-15(14)19)16-10-21(6-7-23-16)17(22)13-3-1-2-12(13)9-20;/h4-5,8,12-13,16H,1-3,6-7,9-10,20H2;1H/t12-,13-,16?;/m1./s1. The maximum absolute atomic E-state index is 12.8. The number of nitrogens with two attached hydrogens (primary N) is 1. The van der Waals surface area contributed by atoms with E-state index in [9.17, 15) is 4.79 Å². The summed E-state index contributed by atoms with van der Waals surface area (Å²) in [5.74, 6) is 0.632. The number of carbonyl (C=O) groups is 1. The first kappa shape index (κ1) is 19.8. The highest BCUT2D eigenvalue weighted by atomic mass is 35.5. The van der Waals surface area contributed by atoms with Gasteiger partial charge in [0.2, 0.25) is 5.91 Å². The molecule has 1 aromatic rings. The maximum Gasteiger partial charge on any atom is 0.226 e. The van der Waals surface area contributed by atoms with Crippen LogP contribution in [0, 0.1) is 11.8 Å². The van der Waals surface area contributed by atoms with Crippen molar-refractivity contribution in [1.29, 1.82) is 0 Å². The fraction of sp³-hybridized carbons (Fsp3) is 0.588. The third-order valence-electron chi connectivity index (χ3n) is 4.97. The summed E-state index contributed by atoms with van der Waals surface area (Å²) in [6, 6.07) is 5.50. The zero-order valence-corrected chi connectivity index (χ0v) is 15.7. The summed E-state index contributed by atoms with van der Waals surface area (Å²) >= 11 is 12.1. The highest BCUT2D eigenvalue weighted by Gasteiger charge is 2.36. The molecule has 1 amide bonds. The summed E-state index contributed by atoms with van der Waals surface area (Å²) in [5.41, 5.74) is 6.78. The molecule has 7 heteroatoms. The highest BCUT2D eigenvalue weighted by molar-refractivity contribution is 6.42. The molecule has 1 saturated carbocycles. The number of nitrogens with zero attached hydrogens (tertiary/aromatic N) is 1. The molecule has 2 N–H and O–H groups in total. The Balaban J connectivity index is 0.00000208. The Morgan fingerprint density at radius 2 is 2.08 bits per heavy atom. The smallest absolute Gasteiger partial charge is 0.226 e. The lowest BCUT2D eigenvalue weighted by atomic mass is 9.94. The predicted molar refractivity (Wildman–Crippen MR) is 98.9 cm³/mol.